The fourth-order valence-corrected chi connectivity index (χ4v) is 3.61. The molecule has 2 atom stereocenters. The highest BCUT2D eigenvalue weighted by atomic mass is 32.1. The third-order valence-electron chi connectivity index (χ3n) is 3.41. The first-order chi connectivity index (χ1) is 8.97. The third-order valence-corrected chi connectivity index (χ3v) is 4.50. The van der Waals surface area contributed by atoms with Crippen molar-refractivity contribution in [3.05, 3.63) is 21.9 Å². The smallest absolute Gasteiger partial charge is 0.0593 e. The Labute approximate surface area is 122 Å². The summed E-state index contributed by atoms with van der Waals surface area (Å²) in [5.41, 5.74) is 7.66. The van der Waals surface area contributed by atoms with E-state index in [0.29, 0.717) is 6.04 Å². The highest BCUT2D eigenvalue weighted by Crippen LogP contribution is 2.30. The minimum atomic E-state index is 0.158. The maximum absolute atomic E-state index is 6.29. The Morgan fingerprint density at radius 1 is 1.26 bits per heavy atom. The second-order valence-electron chi connectivity index (χ2n) is 5.61. The van der Waals surface area contributed by atoms with Crippen molar-refractivity contribution in [1.29, 1.82) is 0 Å². The minimum absolute atomic E-state index is 0.158. The predicted molar refractivity (Wildman–Crippen MR) is 85.9 cm³/mol. The van der Waals surface area contributed by atoms with Gasteiger partial charge in [0.15, 0.2) is 0 Å². The van der Waals surface area contributed by atoms with Gasteiger partial charge in [0.25, 0.3) is 0 Å². The van der Waals surface area contributed by atoms with E-state index in [2.05, 4.69) is 56.1 Å². The number of hydrogen-bond donors (Lipinski definition) is 1. The van der Waals surface area contributed by atoms with E-state index in [-0.39, 0.29) is 6.04 Å². The molecule has 0 aliphatic carbocycles. The summed E-state index contributed by atoms with van der Waals surface area (Å²) in [6, 6.07) is 2.71. The summed E-state index contributed by atoms with van der Waals surface area (Å²) >= 11 is 1.84. The zero-order chi connectivity index (χ0) is 14.4. The van der Waals surface area contributed by atoms with Gasteiger partial charge in [0, 0.05) is 24.0 Å². The second kappa shape index (κ2) is 8.00. The molecule has 2 unspecified atom stereocenters. The molecule has 3 nitrogen and oxygen atoms in total. The van der Waals surface area contributed by atoms with E-state index in [1.165, 1.54) is 16.9 Å². The molecule has 1 heterocycles. The number of hydrogen-bond acceptors (Lipinski definition) is 4. The Morgan fingerprint density at radius 3 is 2.37 bits per heavy atom. The zero-order valence-corrected chi connectivity index (χ0v) is 13.8. The largest absolute Gasteiger partial charge is 0.326 e. The van der Waals surface area contributed by atoms with Gasteiger partial charge in [-0.3, -0.25) is 4.90 Å². The van der Waals surface area contributed by atoms with Crippen LogP contribution in [0.2, 0.25) is 0 Å². The number of nitrogens with zero attached hydrogens (tertiary/aromatic N) is 2. The van der Waals surface area contributed by atoms with Gasteiger partial charge in [0.05, 0.1) is 6.04 Å². The molecule has 1 rings (SSSR count). The van der Waals surface area contributed by atoms with Crippen LogP contribution in [0, 0.1) is 6.92 Å². The van der Waals surface area contributed by atoms with Crippen molar-refractivity contribution < 1.29 is 0 Å². The Kier molecular flexibility index (Phi) is 7.00. The molecule has 1 aromatic rings. The van der Waals surface area contributed by atoms with Crippen LogP contribution in [0.5, 0.6) is 0 Å². The Morgan fingerprint density at radius 2 is 1.95 bits per heavy atom. The summed E-state index contributed by atoms with van der Waals surface area (Å²) < 4.78 is 0. The number of nitrogens with two attached hydrogens (primary N) is 1. The first kappa shape index (κ1) is 16.6. The van der Waals surface area contributed by atoms with Crippen LogP contribution < -0.4 is 5.73 Å². The molecule has 0 bridgehead atoms. The molecule has 4 heteroatoms. The van der Waals surface area contributed by atoms with Crippen molar-refractivity contribution in [1.82, 2.24) is 9.80 Å². The maximum Gasteiger partial charge on any atom is 0.0593 e. The standard InChI is InChI=1S/C15H29N3S/c1-6-8-18(10-9-17(4)5)14(13(3)16)15-12(2)7-11-19-15/h7,11,13-14H,6,8-10,16H2,1-5H3. The molecular weight excluding hydrogens is 254 g/mol. The first-order valence-corrected chi connectivity index (χ1v) is 8.03. The molecule has 0 radical (unpaired) electrons. The minimum Gasteiger partial charge on any atom is -0.326 e. The summed E-state index contributed by atoms with van der Waals surface area (Å²) in [7, 11) is 4.25. The lowest BCUT2D eigenvalue weighted by atomic mass is 10.0. The molecule has 19 heavy (non-hydrogen) atoms. The van der Waals surface area contributed by atoms with E-state index in [4.69, 9.17) is 5.73 Å². The molecule has 110 valence electrons. The van der Waals surface area contributed by atoms with Gasteiger partial charge in [-0.2, -0.15) is 0 Å². The van der Waals surface area contributed by atoms with Crippen LogP contribution in [-0.2, 0) is 0 Å². The third kappa shape index (κ3) is 4.88. The molecule has 0 saturated carbocycles. The number of aryl methyl sites for hydroxylation is 1. The molecule has 1 aromatic heterocycles. The highest BCUT2D eigenvalue weighted by molar-refractivity contribution is 7.10. The highest BCUT2D eigenvalue weighted by Gasteiger charge is 2.25. The summed E-state index contributed by atoms with van der Waals surface area (Å²) in [5.74, 6) is 0. The van der Waals surface area contributed by atoms with E-state index in [9.17, 15) is 0 Å². The summed E-state index contributed by atoms with van der Waals surface area (Å²) in [5, 5.41) is 2.18. The normalized spacial score (nSPS) is 15.2. The quantitative estimate of drug-likeness (QED) is 0.796. The van der Waals surface area contributed by atoms with Crippen molar-refractivity contribution in [3.63, 3.8) is 0 Å². The van der Waals surface area contributed by atoms with Crippen molar-refractivity contribution >= 4 is 11.3 Å². The van der Waals surface area contributed by atoms with Crippen LogP contribution in [0.4, 0.5) is 0 Å². The average Bonchev–Trinajstić information content (AvgIpc) is 2.72. The van der Waals surface area contributed by atoms with Gasteiger partial charge in [-0.15, -0.1) is 11.3 Å². The van der Waals surface area contributed by atoms with Crippen molar-refractivity contribution in [2.24, 2.45) is 5.73 Å². The van der Waals surface area contributed by atoms with Crippen molar-refractivity contribution in [2.75, 3.05) is 33.7 Å². The summed E-state index contributed by atoms with van der Waals surface area (Å²) in [6.45, 7) is 9.82. The van der Waals surface area contributed by atoms with E-state index in [0.717, 1.165) is 19.6 Å². The Balaban J connectivity index is 2.89. The SMILES string of the molecule is CCCN(CCN(C)C)C(c1sccc1C)C(C)N. The van der Waals surface area contributed by atoms with Gasteiger partial charge >= 0.3 is 0 Å². The zero-order valence-electron chi connectivity index (χ0n) is 13.0. The number of rotatable bonds is 8. The fourth-order valence-electron chi connectivity index (χ4n) is 2.43. The van der Waals surface area contributed by atoms with E-state index < -0.39 is 0 Å². The summed E-state index contributed by atoms with van der Waals surface area (Å²) in [4.78, 5) is 6.22. The van der Waals surface area contributed by atoms with Gasteiger partial charge in [0.2, 0.25) is 0 Å². The molecule has 0 spiro atoms. The molecule has 0 amide bonds. The lowest BCUT2D eigenvalue weighted by Gasteiger charge is -2.34. The Hall–Kier alpha value is -0.420. The molecule has 0 aromatic carbocycles. The molecule has 0 saturated heterocycles. The van der Waals surface area contributed by atoms with E-state index in [1.807, 2.05) is 11.3 Å². The second-order valence-corrected chi connectivity index (χ2v) is 6.56. The van der Waals surface area contributed by atoms with Gasteiger partial charge in [-0.1, -0.05) is 6.92 Å². The average molecular weight is 283 g/mol. The lowest BCUT2D eigenvalue weighted by Crippen LogP contribution is -2.42. The first-order valence-electron chi connectivity index (χ1n) is 7.15. The van der Waals surface area contributed by atoms with Crippen LogP contribution in [-0.4, -0.2) is 49.6 Å². The van der Waals surface area contributed by atoms with Crippen LogP contribution in [0.15, 0.2) is 11.4 Å². The molecule has 0 aliphatic rings. The van der Waals surface area contributed by atoms with Crippen LogP contribution in [0.1, 0.15) is 36.8 Å². The van der Waals surface area contributed by atoms with Crippen molar-refractivity contribution in [3.8, 4) is 0 Å². The molecule has 0 fully saturated rings. The Bertz CT molecular complexity index is 360. The summed E-state index contributed by atoms with van der Waals surface area (Å²) in [6.07, 6.45) is 1.17. The molecule has 0 aliphatic heterocycles. The van der Waals surface area contributed by atoms with Crippen LogP contribution >= 0.6 is 11.3 Å². The van der Waals surface area contributed by atoms with Crippen LogP contribution in [0.3, 0.4) is 0 Å². The number of thiophene rings is 1. The predicted octanol–water partition coefficient (Wildman–Crippen LogP) is 2.72. The van der Waals surface area contributed by atoms with Gasteiger partial charge in [-0.25, -0.2) is 0 Å². The number of likely N-dealkylation sites (N-methyl/N-ethyl adjacent to an activating group) is 1. The van der Waals surface area contributed by atoms with E-state index >= 15 is 0 Å². The van der Waals surface area contributed by atoms with Crippen LogP contribution in [0.25, 0.3) is 0 Å². The van der Waals surface area contributed by atoms with Gasteiger partial charge in [0.1, 0.15) is 0 Å². The topological polar surface area (TPSA) is 32.5 Å². The van der Waals surface area contributed by atoms with Gasteiger partial charge in [-0.05, 0) is 57.9 Å². The molecule has 2 N–H and O–H groups in total. The van der Waals surface area contributed by atoms with Gasteiger partial charge < -0.3 is 10.6 Å². The maximum atomic E-state index is 6.29. The fraction of sp³-hybridized carbons (Fsp3) is 0.733. The monoisotopic (exact) mass is 283 g/mol. The lowest BCUT2D eigenvalue weighted by molar-refractivity contribution is 0.163. The molecular formula is C15H29N3S. The van der Waals surface area contributed by atoms with E-state index in [1.54, 1.807) is 0 Å². The van der Waals surface area contributed by atoms with Crippen molar-refractivity contribution in [2.45, 2.75) is 39.3 Å².